The molecule has 12 heteroatoms. The standard InChI is InChI=1S/C16H16BrFN2O6S2/c1-27(22,23)20(28(2,24)25)15-7-6-12(9-14(15)17)19-16(21)10-26-13-5-3-4-11(18)8-13/h3-9H,10H2,1-2H3,(H,19,21). The van der Waals surface area contributed by atoms with E-state index in [-0.39, 0.29) is 31.9 Å². The van der Waals surface area contributed by atoms with Gasteiger partial charge in [-0.05, 0) is 46.3 Å². The van der Waals surface area contributed by atoms with Gasteiger partial charge in [0.15, 0.2) is 6.61 Å². The molecule has 0 radical (unpaired) electrons. The molecule has 0 saturated heterocycles. The Morgan fingerprint density at radius 3 is 2.29 bits per heavy atom. The summed E-state index contributed by atoms with van der Waals surface area (Å²) in [6.45, 7) is -0.387. The lowest BCUT2D eigenvalue weighted by Crippen LogP contribution is -2.35. The van der Waals surface area contributed by atoms with Crippen molar-refractivity contribution in [2.75, 3.05) is 28.1 Å². The minimum absolute atomic E-state index is 0.126. The average Bonchev–Trinajstić information content (AvgIpc) is 2.53. The molecule has 1 N–H and O–H groups in total. The minimum atomic E-state index is -4.10. The van der Waals surface area contributed by atoms with Crippen LogP contribution in [0.5, 0.6) is 5.75 Å². The van der Waals surface area contributed by atoms with Crippen LogP contribution in [0, 0.1) is 5.82 Å². The molecular formula is C16H16BrFN2O6S2. The third-order valence-corrected chi connectivity index (χ3v) is 7.05. The zero-order chi connectivity index (χ0) is 21.1. The molecule has 0 unspecified atom stereocenters. The van der Waals surface area contributed by atoms with Gasteiger partial charge in [-0.25, -0.2) is 21.2 Å². The molecule has 0 aliphatic carbocycles. The van der Waals surface area contributed by atoms with E-state index in [0.29, 0.717) is 0 Å². The summed E-state index contributed by atoms with van der Waals surface area (Å²) < 4.78 is 66.1. The van der Waals surface area contributed by atoms with Crippen LogP contribution in [0.3, 0.4) is 0 Å². The molecule has 28 heavy (non-hydrogen) atoms. The van der Waals surface area contributed by atoms with Gasteiger partial charge in [-0.2, -0.15) is 3.71 Å². The average molecular weight is 495 g/mol. The van der Waals surface area contributed by atoms with Crippen LogP contribution in [0.25, 0.3) is 0 Å². The number of carbonyl (C=O) groups excluding carboxylic acids is 1. The Hall–Kier alpha value is -2.18. The highest BCUT2D eigenvalue weighted by Gasteiger charge is 2.29. The first-order valence-electron chi connectivity index (χ1n) is 7.56. The fraction of sp³-hybridized carbons (Fsp3) is 0.188. The van der Waals surface area contributed by atoms with Crippen LogP contribution in [0.15, 0.2) is 46.9 Å². The number of sulfonamides is 2. The molecule has 0 atom stereocenters. The number of halogens is 2. The van der Waals surface area contributed by atoms with Crippen LogP contribution in [0.1, 0.15) is 0 Å². The maximum Gasteiger partial charge on any atom is 0.262 e. The smallest absolute Gasteiger partial charge is 0.262 e. The molecule has 152 valence electrons. The number of nitrogens with one attached hydrogen (secondary N) is 1. The van der Waals surface area contributed by atoms with E-state index in [9.17, 15) is 26.0 Å². The molecule has 0 bridgehead atoms. The molecule has 0 spiro atoms. The van der Waals surface area contributed by atoms with Crippen LogP contribution in [0.4, 0.5) is 15.8 Å². The third kappa shape index (κ3) is 5.91. The fourth-order valence-corrected chi connectivity index (χ4v) is 6.03. The molecule has 0 heterocycles. The molecule has 2 aromatic carbocycles. The summed E-state index contributed by atoms with van der Waals surface area (Å²) in [7, 11) is -8.20. The van der Waals surface area contributed by atoms with E-state index in [1.54, 1.807) is 0 Å². The monoisotopic (exact) mass is 494 g/mol. The zero-order valence-corrected chi connectivity index (χ0v) is 17.9. The zero-order valence-electron chi connectivity index (χ0n) is 14.7. The number of hydrogen-bond acceptors (Lipinski definition) is 6. The molecule has 1 amide bonds. The molecular weight excluding hydrogens is 479 g/mol. The molecule has 0 aliphatic rings. The highest BCUT2D eigenvalue weighted by Crippen LogP contribution is 2.32. The quantitative estimate of drug-likeness (QED) is 0.632. The largest absolute Gasteiger partial charge is 0.484 e. The molecule has 0 fully saturated rings. The van der Waals surface area contributed by atoms with Crippen molar-refractivity contribution in [2.45, 2.75) is 0 Å². The summed E-state index contributed by atoms with van der Waals surface area (Å²) in [4.78, 5) is 12.0. The molecule has 2 aromatic rings. The van der Waals surface area contributed by atoms with Crippen molar-refractivity contribution in [1.29, 1.82) is 0 Å². The summed E-state index contributed by atoms with van der Waals surface area (Å²) in [6.07, 6.45) is 1.53. The Labute approximate surface area is 170 Å². The second-order valence-electron chi connectivity index (χ2n) is 5.68. The van der Waals surface area contributed by atoms with Crippen molar-refractivity contribution in [1.82, 2.24) is 0 Å². The minimum Gasteiger partial charge on any atom is -0.484 e. The maximum absolute atomic E-state index is 13.1. The highest BCUT2D eigenvalue weighted by molar-refractivity contribution is 9.10. The Balaban J connectivity index is 2.14. The van der Waals surface area contributed by atoms with Crippen LogP contribution in [-0.2, 0) is 24.8 Å². The fourth-order valence-electron chi connectivity index (χ4n) is 2.24. The summed E-state index contributed by atoms with van der Waals surface area (Å²) in [6, 6.07) is 9.21. The lowest BCUT2D eigenvalue weighted by Gasteiger charge is -2.21. The molecule has 0 aromatic heterocycles. The summed E-state index contributed by atoms with van der Waals surface area (Å²) >= 11 is 3.11. The lowest BCUT2D eigenvalue weighted by atomic mass is 10.3. The molecule has 0 saturated carbocycles. The number of hydrogen-bond donors (Lipinski definition) is 1. The van der Waals surface area contributed by atoms with Crippen molar-refractivity contribution < 1.29 is 30.8 Å². The van der Waals surface area contributed by atoms with Gasteiger partial charge in [-0.1, -0.05) is 6.07 Å². The summed E-state index contributed by atoms with van der Waals surface area (Å²) in [5, 5.41) is 2.51. The Morgan fingerprint density at radius 1 is 1.11 bits per heavy atom. The molecule has 0 aliphatic heterocycles. The second-order valence-corrected chi connectivity index (χ2v) is 10.4. The van der Waals surface area contributed by atoms with Gasteiger partial charge in [0.1, 0.15) is 11.6 Å². The number of benzene rings is 2. The number of nitrogens with zero attached hydrogens (tertiary/aromatic N) is 1. The van der Waals surface area contributed by atoms with Crippen molar-refractivity contribution in [2.24, 2.45) is 0 Å². The van der Waals surface area contributed by atoms with Crippen LogP contribution >= 0.6 is 15.9 Å². The number of anilines is 2. The van der Waals surface area contributed by atoms with E-state index in [4.69, 9.17) is 4.74 Å². The predicted molar refractivity (Wildman–Crippen MR) is 107 cm³/mol. The number of ether oxygens (including phenoxy) is 1. The number of amides is 1. The highest BCUT2D eigenvalue weighted by atomic mass is 79.9. The third-order valence-electron chi connectivity index (χ3n) is 3.20. The Bertz CT molecular complexity index is 1070. The predicted octanol–water partition coefficient (Wildman–Crippen LogP) is 2.33. The number of carbonyl (C=O) groups is 1. The first-order chi connectivity index (χ1) is 12.9. The van der Waals surface area contributed by atoms with Crippen molar-refractivity contribution >= 4 is 53.3 Å². The van der Waals surface area contributed by atoms with Gasteiger partial charge in [0.2, 0.25) is 20.0 Å². The SMILES string of the molecule is CS(=O)(=O)N(c1ccc(NC(=O)COc2cccc(F)c2)cc1Br)S(C)(=O)=O. The molecule has 2 rings (SSSR count). The Kier molecular flexibility index (Phi) is 6.67. The van der Waals surface area contributed by atoms with E-state index in [1.807, 2.05) is 0 Å². The van der Waals surface area contributed by atoms with E-state index in [1.165, 1.54) is 36.4 Å². The van der Waals surface area contributed by atoms with Crippen LogP contribution in [0.2, 0.25) is 0 Å². The van der Waals surface area contributed by atoms with Crippen molar-refractivity contribution in [3.05, 3.63) is 52.8 Å². The summed E-state index contributed by atoms with van der Waals surface area (Å²) in [5.74, 6) is -0.866. The van der Waals surface area contributed by atoms with Gasteiger partial charge < -0.3 is 10.1 Å². The van der Waals surface area contributed by atoms with Crippen LogP contribution < -0.4 is 13.8 Å². The van der Waals surface area contributed by atoms with E-state index in [0.717, 1.165) is 18.6 Å². The van der Waals surface area contributed by atoms with E-state index in [2.05, 4.69) is 21.2 Å². The lowest BCUT2D eigenvalue weighted by molar-refractivity contribution is -0.118. The maximum atomic E-state index is 13.1. The van der Waals surface area contributed by atoms with Crippen molar-refractivity contribution in [3.8, 4) is 5.75 Å². The van der Waals surface area contributed by atoms with E-state index < -0.39 is 31.8 Å². The van der Waals surface area contributed by atoms with Gasteiger partial charge >= 0.3 is 0 Å². The second kappa shape index (κ2) is 8.45. The van der Waals surface area contributed by atoms with Gasteiger partial charge in [0.05, 0.1) is 18.2 Å². The van der Waals surface area contributed by atoms with Gasteiger partial charge in [0.25, 0.3) is 5.91 Å². The Morgan fingerprint density at radius 2 is 1.75 bits per heavy atom. The topological polar surface area (TPSA) is 110 Å². The number of rotatable bonds is 7. The normalized spacial score (nSPS) is 11.7. The summed E-state index contributed by atoms with van der Waals surface area (Å²) in [5.41, 5.74) is 0.143. The molecule has 8 nitrogen and oxygen atoms in total. The first kappa shape index (κ1) is 22.1. The first-order valence-corrected chi connectivity index (χ1v) is 12.0. The van der Waals surface area contributed by atoms with Crippen LogP contribution in [-0.4, -0.2) is 41.9 Å². The van der Waals surface area contributed by atoms with E-state index >= 15 is 0 Å². The van der Waals surface area contributed by atoms with Gasteiger partial charge in [-0.15, -0.1) is 0 Å². The van der Waals surface area contributed by atoms with Gasteiger partial charge in [-0.3, -0.25) is 4.79 Å². The van der Waals surface area contributed by atoms with Gasteiger partial charge in [0, 0.05) is 16.2 Å². The van der Waals surface area contributed by atoms with Crippen molar-refractivity contribution in [3.63, 3.8) is 0 Å².